The third-order valence-corrected chi connectivity index (χ3v) is 5.86. The molecule has 0 saturated heterocycles. The fraction of sp³-hybridized carbons (Fsp3) is 0.333. The van der Waals surface area contributed by atoms with E-state index >= 15 is 0 Å². The van der Waals surface area contributed by atoms with Gasteiger partial charge in [0.15, 0.2) is 0 Å². The lowest BCUT2D eigenvalue weighted by Gasteiger charge is -2.07. The van der Waals surface area contributed by atoms with Crippen LogP contribution < -0.4 is 5.32 Å². The molecule has 9 heteroatoms. The lowest BCUT2D eigenvalue weighted by molar-refractivity contribution is -0.116. The number of carbonyl (C=O) groups excluding carboxylic acids is 2. The number of esters is 1. The minimum Gasteiger partial charge on any atom is -0.462 e. The standard InChI is InChI=1S/C21H22ClN3O4S/c1-4-28-21(27)18-12(2)13(3)30-20(18)23-16(26)6-5-7-17-24-19(25-29-17)14-8-10-15(22)11-9-14/h8-11H,4-7H2,1-3H3,(H,23,26). The van der Waals surface area contributed by atoms with E-state index in [4.69, 9.17) is 20.9 Å². The number of aromatic nitrogens is 2. The van der Waals surface area contributed by atoms with Crippen molar-refractivity contribution in [3.8, 4) is 11.4 Å². The Morgan fingerprint density at radius 2 is 1.97 bits per heavy atom. The quantitative estimate of drug-likeness (QED) is 0.476. The molecule has 1 amide bonds. The number of anilines is 1. The second kappa shape index (κ2) is 9.86. The van der Waals surface area contributed by atoms with Gasteiger partial charge in [0.2, 0.25) is 17.6 Å². The highest BCUT2D eigenvalue weighted by atomic mass is 35.5. The molecule has 0 aliphatic rings. The van der Waals surface area contributed by atoms with E-state index in [1.807, 2.05) is 26.0 Å². The van der Waals surface area contributed by atoms with Crippen molar-refractivity contribution in [2.45, 2.75) is 40.0 Å². The summed E-state index contributed by atoms with van der Waals surface area (Å²) in [6.45, 7) is 5.79. The molecule has 0 spiro atoms. The molecule has 2 aromatic heterocycles. The van der Waals surface area contributed by atoms with Crippen LogP contribution in [0.2, 0.25) is 5.02 Å². The highest BCUT2D eigenvalue weighted by Crippen LogP contribution is 2.33. The summed E-state index contributed by atoms with van der Waals surface area (Å²) in [6, 6.07) is 7.15. The van der Waals surface area contributed by atoms with Crippen LogP contribution in [0.4, 0.5) is 5.00 Å². The molecule has 7 nitrogen and oxygen atoms in total. The van der Waals surface area contributed by atoms with Gasteiger partial charge in [-0.15, -0.1) is 11.3 Å². The topological polar surface area (TPSA) is 94.3 Å². The minimum atomic E-state index is -0.421. The largest absolute Gasteiger partial charge is 0.462 e. The first-order valence-corrected chi connectivity index (χ1v) is 10.7. The number of aryl methyl sites for hydroxylation is 2. The second-order valence-corrected chi connectivity index (χ2v) is 8.29. The number of halogens is 1. The number of amides is 1. The average Bonchev–Trinajstić information content (AvgIpc) is 3.27. The summed E-state index contributed by atoms with van der Waals surface area (Å²) in [5.41, 5.74) is 2.06. The van der Waals surface area contributed by atoms with Gasteiger partial charge in [0.05, 0.1) is 12.2 Å². The molecule has 0 bridgehead atoms. The number of hydrogen-bond acceptors (Lipinski definition) is 7. The summed E-state index contributed by atoms with van der Waals surface area (Å²) in [5.74, 6) is 0.340. The van der Waals surface area contributed by atoms with E-state index < -0.39 is 5.97 Å². The zero-order chi connectivity index (χ0) is 21.7. The van der Waals surface area contributed by atoms with E-state index in [9.17, 15) is 9.59 Å². The zero-order valence-corrected chi connectivity index (χ0v) is 18.5. The number of hydrogen-bond donors (Lipinski definition) is 1. The van der Waals surface area contributed by atoms with Crippen molar-refractivity contribution in [2.24, 2.45) is 0 Å². The SMILES string of the molecule is CCOC(=O)c1c(NC(=O)CCCc2nc(-c3ccc(Cl)cc3)no2)sc(C)c1C. The third kappa shape index (κ3) is 5.25. The molecule has 0 fully saturated rings. The maximum absolute atomic E-state index is 12.4. The van der Waals surface area contributed by atoms with Crippen LogP contribution >= 0.6 is 22.9 Å². The van der Waals surface area contributed by atoms with Crippen molar-refractivity contribution in [3.63, 3.8) is 0 Å². The van der Waals surface area contributed by atoms with E-state index in [1.165, 1.54) is 11.3 Å². The molecule has 1 aromatic carbocycles. The molecule has 3 rings (SSSR count). The molecule has 0 radical (unpaired) electrons. The number of nitrogens with one attached hydrogen (secondary N) is 1. The molecule has 1 N–H and O–H groups in total. The van der Waals surface area contributed by atoms with Gasteiger partial charge < -0.3 is 14.6 Å². The summed E-state index contributed by atoms with van der Waals surface area (Å²) < 4.78 is 10.4. The summed E-state index contributed by atoms with van der Waals surface area (Å²) >= 11 is 7.26. The van der Waals surface area contributed by atoms with Gasteiger partial charge in [0.1, 0.15) is 5.00 Å². The van der Waals surface area contributed by atoms with Crippen LogP contribution in [-0.4, -0.2) is 28.6 Å². The van der Waals surface area contributed by atoms with Crippen LogP contribution in [0.1, 0.15) is 46.5 Å². The van der Waals surface area contributed by atoms with Crippen molar-refractivity contribution in [2.75, 3.05) is 11.9 Å². The van der Waals surface area contributed by atoms with E-state index in [-0.39, 0.29) is 18.9 Å². The van der Waals surface area contributed by atoms with Crippen LogP contribution in [0.5, 0.6) is 0 Å². The van der Waals surface area contributed by atoms with E-state index in [2.05, 4.69) is 15.5 Å². The number of carbonyl (C=O) groups is 2. The van der Waals surface area contributed by atoms with Gasteiger partial charge in [0.25, 0.3) is 0 Å². The first-order chi connectivity index (χ1) is 14.4. The smallest absolute Gasteiger partial charge is 0.341 e. The van der Waals surface area contributed by atoms with E-state index in [0.717, 1.165) is 16.0 Å². The highest BCUT2D eigenvalue weighted by molar-refractivity contribution is 7.16. The van der Waals surface area contributed by atoms with Crippen molar-refractivity contribution < 1.29 is 18.8 Å². The van der Waals surface area contributed by atoms with Crippen molar-refractivity contribution >= 4 is 39.8 Å². The Kier molecular flexibility index (Phi) is 7.23. The Morgan fingerprint density at radius 3 is 2.67 bits per heavy atom. The van der Waals surface area contributed by atoms with E-state index in [0.29, 0.717) is 40.1 Å². The number of nitrogens with zero attached hydrogens (tertiary/aromatic N) is 2. The molecule has 0 aliphatic heterocycles. The molecular weight excluding hydrogens is 426 g/mol. The Bertz CT molecular complexity index is 1040. The lowest BCUT2D eigenvalue weighted by atomic mass is 10.1. The lowest BCUT2D eigenvalue weighted by Crippen LogP contribution is -2.14. The molecular formula is C21H22ClN3O4S. The van der Waals surface area contributed by atoms with E-state index in [1.54, 1.807) is 19.1 Å². The first kappa shape index (κ1) is 22.0. The maximum Gasteiger partial charge on any atom is 0.341 e. The van der Waals surface area contributed by atoms with Gasteiger partial charge in [-0.1, -0.05) is 16.8 Å². The Morgan fingerprint density at radius 1 is 1.23 bits per heavy atom. The summed E-state index contributed by atoms with van der Waals surface area (Å²) in [7, 11) is 0. The summed E-state index contributed by atoms with van der Waals surface area (Å²) in [5, 5.41) is 7.96. The van der Waals surface area contributed by atoms with Crippen LogP contribution in [0.15, 0.2) is 28.8 Å². The molecule has 3 aromatic rings. The minimum absolute atomic E-state index is 0.181. The van der Waals surface area contributed by atoms with Crippen molar-refractivity contribution in [1.82, 2.24) is 10.1 Å². The second-order valence-electron chi connectivity index (χ2n) is 6.63. The van der Waals surface area contributed by atoms with Gasteiger partial charge in [-0.05, 0) is 57.0 Å². The average molecular weight is 448 g/mol. The fourth-order valence-electron chi connectivity index (χ4n) is 2.83. The predicted octanol–water partition coefficient (Wildman–Crippen LogP) is 5.21. The zero-order valence-electron chi connectivity index (χ0n) is 17.0. The highest BCUT2D eigenvalue weighted by Gasteiger charge is 2.22. The van der Waals surface area contributed by atoms with Crippen molar-refractivity contribution in [3.05, 3.63) is 51.2 Å². The number of ether oxygens (including phenoxy) is 1. The summed E-state index contributed by atoms with van der Waals surface area (Å²) in [4.78, 5) is 29.9. The molecule has 30 heavy (non-hydrogen) atoms. The Labute approximate surface area is 183 Å². The van der Waals surface area contributed by atoms with Crippen molar-refractivity contribution in [1.29, 1.82) is 0 Å². The molecule has 158 valence electrons. The van der Waals surface area contributed by atoms with Crippen LogP contribution in [0.3, 0.4) is 0 Å². The van der Waals surface area contributed by atoms with Gasteiger partial charge in [-0.2, -0.15) is 4.98 Å². The first-order valence-electron chi connectivity index (χ1n) is 9.54. The maximum atomic E-state index is 12.4. The van der Waals surface area contributed by atoms with Gasteiger partial charge in [-0.25, -0.2) is 4.79 Å². The number of thiophene rings is 1. The fourth-order valence-corrected chi connectivity index (χ4v) is 4.02. The number of rotatable bonds is 8. The number of benzene rings is 1. The van der Waals surface area contributed by atoms with Gasteiger partial charge in [0, 0.05) is 28.3 Å². The Hall–Kier alpha value is -2.71. The summed E-state index contributed by atoms with van der Waals surface area (Å²) in [6.07, 6.45) is 1.27. The molecule has 0 saturated carbocycles. The predicted molar refractivity (Wildman–Crippen MR) is 116 cm³/mol. The van der Waals surface area contributed by atoms with Gasteiger partial charge >= 0.3 is 5.97 Å². The van der Waals surface area contributed by atoms with Crippen LogP contribution in [0.25, 0.3) is 11.4 Å². The molecule has 2 heterocycles. The third-order valence-electron chi connectivity index (χ3n) is 4.48. The van der Waals surface area contributed by atoms with Gasteiger partial charge in [-0.3, -0.25) is 4.79 Å². The van der Waals surface area contributed by atoms with Crippen LogP contribution in [0, 0.1) is 13.8 Å². The normalized spacial score (nSPS) is 10.8. The Balaban J connectivity index is 1.55. The monoisotopic (exact) mass is 447 g/mol. The molecule has 0 atom stereocenters. The molecule has 0 aliphatic carbocycles. The molecule has 0 unspecified atom stereocenters. The van der Waals surface area contributed by atoms with Crippen LogP contribution in [-0.2, 0) is 16.0 Å².